The second-order valence-electron chi connectivity index (χ2n) is 7.32. The Kier molecular flexibility index (Phi) is 5.41. The van der Waals surface area contributed by atoms with Gasteiger partial charge in [-0.25, -0.2) is 4.79 Å². The minimum absolute atomic E-state index is 0.0107. The predicted octanol–water partition coefficient (Wildman–Crippen LogP) is 2.23. The van der Waals surface area contributed by atoms with Crippen LogP contribution in [0.15, 0.2) is 0 Å². The zero-order chi connectivity index (χ0) is 16.2. The molecule has 0 aromatic heterocycles. The van der Waals surface area contributed by atoms with Crippen LogP contribution in [0.1, 0.15) is 51.4 Å². The summed E-state index contributed by atoms with van der Waals surface area (Å²) in [6, 6.07) is 0.106. The van der Waals surface area contributed by atoms with Crippen molar-refractivity contribution in [3.8, 4) is 0 Å². The lowest BCUT2D eigenvalue weighted by molar-refractivity contribution is -0.142. The maximum absolute atomic E-state index is 12.4. The third-order valence-corrected chi connectivity index (χ3v) is 5.33. The molecule has 2 saturated carbocycles. The van der Waals surface area contributed by atoms with Gasteiger partial charge in [0.05, 0.1) is 12.0 Å². The molecular weight excluding hydrogens is 296 g/mol. The van der Waals surface area contributed by atoms with E-state index in [0.29, 0.717) is 19.4 Å². The standard InChI is InChI=1S/C17H28N2O4/c20-16(21)13-5-7-14(8-6-13)18-17(22)19-9-1-2-15(10-19)23-11-12-3-4-12/h12-15H,1-11H2,(H,18,22)(H,20,21). The molecule has 2 amide bonds. The van der Waals surface area contributed by atoms with Crippen LogP contribution in [0, 0.1) is 11.8 Å². The molecule has 6 nitrogen and oxygen atoms in total. The van der Waals surface area contributed by atoms with Crippen LogP contribution in [-0.4, -0.2) is 53.8 Å². The Morgan fingerprint density at radius 1 is 1.09 bits per heavy atom. The van der Waals surface area contributed by atoms with E-state index in [1.807, 2.05) is 4.90 Å². The Balaban J connectivity index is 1.39. The summed E-state index contributed by atoms with van der Waals surface area (Å²) in [5.74, 6) is -0.191. The minimum Gasteiger partial charge on any atom is -0.481 e. The van der Waals surface area contributed by atoms with E-state index >= 15 is 0 Å². The third-order valence-electron chi connectivity index (χ3n) is 5.33. The summed E-state index contributed by atoms with van der Waals surface area (Å²) in [6.45, 7) is 2.32. The van der Waals surface area contributed by atoms with Gasteiger partial charge in [-0.05, 0) is 57.3 Å². The van der Waals surface area contributed by atoms with Crippen molar-refractivity contribution in [3.05, 3.63) is 0 Å². The molecule has 0 aromatic carbocycles. The van der Waals surface area contributed by atoms with Gasteiger partial charge >= 0.3 is 12.0 Å². The average molecular weight is 324 g/mol. The van der Waals surface area contributed by atoms with Crippen LogP contribution in [0.25, 0.3) is 0 Å². The summed E-state index contributed by atoms with van der Waals surface area (Å²) in [4.78, 5) is 25.3. The molecule has 1 aliphatic heterocycles. The number of likely N-dealkylation sites (tertiary alicyclic amines) is 1. The summed E-state index contributed by atoms with van der Waals surface area (Å²) in [6.07, 6.45) is 7.63. The molecule has 1 atom stereocenters. The number of carboxylic acid groups (broad SMARTS) is 1. The third kappa shape index (κ3) is 4.83. The Morgan fingerprint density at radius 2 is 1.83 bits per heavy atom. The van der Waals surface area contributed by atoms with Crippen LogP contribution in [0.2, 0.25) is 0 Å². The topological polar surface area (TPSA) is 78.9 Å². The zero-order valence-corrected chi connectivity index (χ0v) is 13.7. The molecule has 0 radical (unpaired) electrons. The van der Waals surface area contributed by atoms with Gasteiger partial charge in [0.2, 0.25) is 0 Å². The highest BCUT2D eigenvalue weighted by molar-refractivity contribution is 5.75. The van der Waals surface area contributed by atoms with E-state index in [-0.39, 0.29) is 24.1 Å². The van der Waals surface area contributed by atoms with E-state index in [1.54, 1.807) is 0 Å². The van der Waals surface area contributed by atoms with Crippen LogP contribution < -0.4 is 5.32 Å². The Bertz CT molecular complexity index is 430. The number of aliphatic carboxylic acids is 1. The molecule has 3 rings (SSSR count). The summed E-state index contributed by atoms with van der Waals surface area (Å²) >= 11 is 0. The van der Waals surface area contributed by atoms with Crippen LogP contribution in [-0.2, 0) is 9.53 Å². The number of ether oxygens (including phenoxy) is 1. The highest BCUT2D eigenvalue weighted by atomic mass is 16.5. The quantitative estimate of drug-likeness (QED) is 0.813. The SMILES string of the molecule is O=C(O)C1CCC(NC(=O)N2CCCC(OCC3CC3)C2)CC1. The van der Waals surface area contributed by atoms with Gasteiger partial charge in [-0.2, -0.15) is 0 Å². The number of rotatable bonds is 5. The first kappa shape index (κ1) is 16.6. The average Bonchev–Trinajstić information content (AvgIpc) is 3.38. The van der Waals surface area contributed by atoms with E-state index in [2.05, 4.69) is 5.32 Å². The molecule has 1 unspecified atom stereocenters. The number of amides is 2. The summed E-state index contributed by atoms with van der Waals surface area (Å²) in [5.41, 5.74) is 0. The van der Waals surface area contributed by atoms with Crippen molar-refractivity contribution in [2.24, 2.45) is 11.8 Å². The number of nitrogens with one attached hydrogen (secondary N) is 1. The lowest BCUT2D eigenvalue weighted by Gasteiger charge is -2.35. The number of hydrogen-bond acceptors (Lipinski definition) is 3. The van der Waals surface area contributed by atoms with Gasteiger partial charge < -0.3 is 20.1 Å². The molecule has 2 aliphatic carbocycles. The van der Waals surface area contributed by atoms with Crippen LogP contribution in [0.3, 0.4) is 0 Å². The molecule has 1 saturated heterocycles. The van der Waals surface area contributed by atoms with Crippen molar-refractivity contribution < 1.29 is 19.4 Å². The van der Waals surface area contributed by atoms with Crippen molar-refractivity contribution in [2.75, 3.05) is 19.7 Å². The second-order valence-corrected chi connectivity index (χ2v) is 7.32. The Hall–Kier alpha value is -1.30. The number of hydrogen-bond donors (Lipinski definition) is 2. The minimum atomic E-state index is -0.707. The van der Waals surface area contributed by atoms with E-state index in [0.717, 1.165) is 44.8 Å². The van der Waals surface area contributed by atoms with Crippen molar-refractivity contribution >= 4 is 12.0 Å². The van der Waals surface area contributed by atoms with Crippen molar-refractivity contribution in [3.63, 3.8) is 0 Å². The Morgan fingerprint density at radius 3 is 2.48 bits per heavy atom. The number of carbonyl (C=O) groups is 2. The normalized spacial score (nSPS) is 31.7. The van der Waals surface area contributed by atoms with Gasteiger partial charge in [-0.1, -0.05) is 0 Å². The highest BCUT2D eigenvalue weighted by Crippen LogP contribution is 2.30. The number of carboxylic acids is 1. The summed E-state index contributed by atoms with van der Waals surface area (Å²) in [5, 5.41) is 12.1. The fourth-order valence-electron chi connectivity index (χ4n) is 3.57. The fraction of sp³-hybridized carbons (Fsp3) is 0.882. The van der Waals surface area contributed by atoms with Crippen LogP contribution in [0.4, 0.5) is 4.79 Å². The second kappa shape index (κ2) is 7.51. The maximum Gasteiger partial charge on any atom is 0.317 e. The lowest BCUT2D eigenvalue weighted by Crippen LogP contribution is -2.51. The molecular formula is C17H28N2O4. The number of piperidine rings is 1. The first-order valence-electron chi connectivity index (χ1n) is 9.01. The Labute approximate surface area is 137 Å². The van der Waals surface area contributed by atoms with E-state index in [4.69, 9.17) is 9.84 Å². The molecule has 0 aromatic rings. The zero-order valence-electron chi connectivity index (χ0n) is 13.7. The smallest absolute Gasteiger partial charge is 0.317 e. The van der Waals surface area contributed by atoms with Crippen LogP contribution >= 0.6 is 0 Å². The predicted molar refractivity (Wildman–Crippen MR) is 85.2 cm³/mol. The first-order valence-corrected chi connectivity index (χ1v) is 9.01. The first-order chi connectivity index (χ1) is 11.1. The van der Waals surface area contributed by atoms with Gasteiger partial charge in [0, 0.05) is 25.7 Å². The fourth-order valence-corrected chi connectivity index (χ4v) is 3.57. The molecule has 6 heteroatoms. The van der Waals surface area contributed by atoms with E-state index in [1.165, 1.54) is 12.8 Å². The molecule has 3 fully saturated rings. The van der Waals surface area contributed by atoms with E-state index in [9.17, 15) is 9.59 Å². The van der Waals surface area contributed by atoms with Gasteiger partial charge in [-0.3, -0.25) is 4.79 Å². The number of carbonyl (C=O) groups excluding carboxylic acids is 1. The number of urea groups is 1. The van der Waals surface area contributed by atoms with Gasteiger partial charge in [0.25, 0.3) is 0 Å². The highest BCUT2D eigenvalue weighted by Gasteiger charge is 2.30. The molecule has 23 heavy (non-hydrogen) atoms. The molecule has 2 N–H and O–H groups in total. The van der Waals surface area contributed by atoms with Crippen molar-refractivity contribution in [1.82, 2.24) is 10.2 Å². The molecule has 0 spiro atoms. The van der Waals surface area contributed by atoms with Crippen LogP contribution in [0.5, 0.6) is 0 Å². The van der Waals surface area contributed by atoms with E-state index < -0.39 is 5.97 Å². The van der Waals surface area contributed by atoms with Crippen molar-refractivity contribution in [1.29, 1.82) is 0 Å². The molecule has 130 valence electrons. The monoisotopic (exact) mass is 324 g/mol. The largest absolute Gasteiger partial charge is 0.481 e. The lowest BCUT2D eigenvalue weighted by atomic mass is 9.86. The maximum atomic E-state index is 12.4. The number of nitrogens with zero attached hydrogens (tertiary/aromatic N) is 1. The summed E-state index contributed by atoms with van der Waals surface area (Å²) < 4.78 is 5.93. The summed E-state index contributed by atoms with van der Waals surface area (Å²) in [7, 11) is 0. The van der Waals surface area contributed by atoms with Crippen molar-refractivity contribution in [2.45, 2.75) is 63.5 Å². The van der Waals surface area contributed by atoms with Gasteiger partial charge in [0.1, 0.15) is 0 Å². The van der Waals surface area contributed by atoms with Gasteiger partial charge in [0.15, 0.2) is 0 Å². The van der Waals surface area contributed by atoms with Gasteiger partial charge in [-0.15, -0.1) is 0 Å². The molecule has 3 aliphatic rings. The molecule has 0 bridgehead atoms. The molecule has 1 heterocycles.